The molecule has 7 N–H and O–H groups in total. The fraction of sp³-hybridized carbons (Fsp3) is 0. The lowest BCUT2D eigenvalue weighted by Gasteiger charge is -2.23. The van der Waals surface area contributed by atoms with Crippen LogP contribution in [0, 0.1) is 0 Å². The summed E-state index contributed by atoms with van der Waals surface area (Å²) in [5, 5.41) is 31.7. The minimum absolute atomic E-state index is 0.00571. The molecule has 1 aliphatic rings. The monoisotopic (exact) mass is 438 g/mol. The first-order valence-electron chi connectivity index (χ1n) is 10.0. The molecule has 0 unspecified atom stereocenters. The van der Waals surface area contributed by atoms with Crippen molar-refractivity contribution in [1.82, 2.24) is 0 Å². The smallest absolute Gasteiger partial charge is 0.200 e. The number of carbonyl (C=O) groups excluding carboxylic acids is 2. The largest absolute Gasteiger partial charge is 0.507 e. The van der Waals surface area contributed by atoms with Crippen molar-refractivity contribution < 1.29 is 24.9 Å². The first kappa shape index (κ1) is 20.1. The summed E-state index contributed by atoms with van der Waals surface area (Å²) in [6, 6.07) is 17.8. The van der Waals surface area contributed by atoms with Crippen molar-refractivity contribution in [1.29, 1.82) is 0 Å². The van der Waals surface area contributed by atoms with Crippen LogP contribution < -0.4 is 11.5 Å². The third-order valence-corrected chi connectivity index (χ3v) is 5.85. The standard InChI is InChI=1S/C26H18N2O5/c27-16-7-9-19(30)22-20(16)26(33)23-21(25(22)32)17(28)11-15(24(23)31)13-6-8-18(29)14(10-13)12-4-2-1-3-5-12/h1-11,29-31H,27-28H2. The number of benzene rings is 4. The van der Waals surface area contributed by atoms with E-state index in [4.69, 9.17) is 11.5 Å². The van der Waals surface area contributed by atoms with Gasteiger partial charge in [0.25, 0.3) is 0 Å². The van der Waals surface area contributed by atoms with Crippen LogP contribution in [0.1, 0.15) is 31.8 Å². The Balaban J connectivity index is 1.75. The first-order chi connectivity index (χ1) is 15.8. The van der Waals surface area contributed by atoms with E-state index in [0.717, 1.165) is 5.56 Å². The zero-order chi connectivity index (χ0) is 23.4. The number of hydrogen-bond donors (Lipinski definition) is 5. The molecule has 33 heavy (non-hydrogen) atoms. The van der Waals surface area contributed by atoms with Gasteiger partial charge in [0.2, 0.25) is 11.6 Å². The lowest BCUT2D eigenvalue weighted by atomic mass is 9.80. The predicted octanol–water partition coefficient (Wildman–Crippen LogP) is 4.08. The number of ketones is 2. The third kappa shape index (κ3) is 2.90. The van der Waals surface area contributed by atoms with Crippen molar-refractivity contribution in [2.75, 3.05) is 11.5 Å². The van der Waals surface area contributed by atoms with Gasteiger partial charge in [-0.3, -0.25) is 9.59 Å². The summed E-state index contributed by atoms with van der Waals surface area (Å²) in [6.07, 6.45) is 0. The summed E-state index contributed by atoms with van der Waals surface area (Å²) in [4.78, 5) is 26.5. The molecule has 0 saturated heterocycles. The fourth-order valence-corrected chi connectivity index (χ4v) is 4.26. The summed E-state index contributed by atoms with van der Waals surface area (Å²) in [7, 11) is 0. The van der Waals surface area contributed by atoms with E-state index in [-0.39, 0.29) is 44.9 Å². The number of carbonyl (C=O) groups is 2. The van der Waals surface area contributed by atoms with Crippen LogP contribution in [0.15, 0.2) is 66.7 Å². The van der Waals surface area contributed by atoms with Gasteiger partial charge in [0.05, 0.1) is 22.3 Å². The summed E-state index contributed by atoms with van der Waals surface area (Å²) in [5.41, 5.74) is 13.2. The van der Waals surface area contributed by atoms with E-state index < -0.39 is 23.1 Å². The molecule has 0 spiro atoms. The maximum atomic E-state index is 13.3. The van der Waals surface area contributed by atoms with Gasteiger partial charge in [-0.2, -0.15) is 0 Å². The summed E-state index contributed by atoms with van der Waals surface area (Å²) < 4.78 is 0. The normalized spacial score (nSPS) is 12.4. The summed E-state index contributed by atoms with van der Waals surface area (Å²) in [5.74, 6) is -2.19. The molecule has 0 fully saturated rings. The SMILES string of the molecule is Nc1ccc(O)c2c1C(=O)c1c(O)c(-c3ccc(O)c(-c4ccccc4)c3)cc(N)c1C2=O. The topological polar surface area (TPSA) is 147 Å². The van der Waals surface area contributed by atoms with Crippen molar-refractivity contribution >= 4 is 22.9 Å². The zero-order valence-corrected chi connectivity index (χ0v) is 17.2. The predicted molar refractivity (Wildman–Crippen MR) is 124 cm³/mol. The lowest BCUT2D eigenvalue weighted by Crippen LogP contribution is -2.24. The number of rotatable bonds is 2. The van der Waals surface area contributed by atoms with Crippen molar-refractivity contribution in [2.24, 2.45) is 0 Å². The van der Waals surface area contributed by atoms with Gasteiger partial charge in [0, 0.05) is 22.5 Å². The Hall–Kier alpha value is -4.78. The highest BCUT2D eigenvalue weighted by Crippen LogP contribution is 2.46. The van der Waals surface area contributed by atoms with Crippen LogP contribution in [0.5, 0.6) is 17.2 Å². The molecule has 4 aromatic carbocycles. The number of hydrogen-bond acceptors (Lipinski definition) is 7. The third-order valence-electron chi connectivity index (χ3n) is 5.85. The van der Waals surface area contributed by atoms with Gasteiger partial charge in [0.1, 0.15) is 17.2 Å². The first-order valence-corrected chi connectivity index (χ1v) is 10.0. The van der Waals surface area contributed by atoms with Gasteiger partial charge in [0.15, 0.2) is 0 Å². The Morgan fingerprint density at radius 1 is 0.545 bits per heavy atom. The second-order valence-electron chi connectivity index (χ2n) is 7.79. The van der Waals surface area contributed by atoms with E-state index in [2.05, 4.69) is 0 Å². The Bertz CT molecular complexity index is 1490. The molecule has 0 radical (unpaired) electrons. The van der Waals surface area contributed by atoms with E-state index in [9.17, 15) is 24.9 Å². The molecule has 7 heteroatoms. The van der Waals surface area contributed by atoms with Crippen LogP contribution in [-0.2, 0) is 0 Å². The van der Waals surface area contributed by atoms with Crippen molar-refractivity contribution in [3.8, 4) is 39.5 Å². The van der Waals surface area contributed by atoms with Gasteiger partial charge in [-0.15, -0.1) is 0 Å². The van der Waals surface area contributed by atoms with Gasteiger partial charge >= 0.3 is 0 Å². The zero-order valence-electron chi connectivity index (χ0n) is 17.2. The van der Waals surface area contributed by atoms with Crippen LogP contribution in [-0.4, -0.2) is 26.9 Å². The summed E-state index contributed by atoms with van der Waals surface area (Å²) in [6.45, 7) is 0. The van der Waals surface area contributed by atoms with Gasteiger partial charge in [-0.25, -0.2) is 0 Å². The molecule has 1 aliphatic carbocycles. The molecule has 0 heterocycles. The highest BCUT2D eigenvalue weighted by atomic mass is 16.3. The number of phenolic OH excluding ortho intramolecular Hbond substituents is 3. The Morgan fingerprint density at radius 2 is 1.18 bits per heavy atom. The van der Waals surface area contributed by atoms with E-state index in [0.29, 0.717) is 11.1 Å². The average Bonchev–Trinajstić information content (AvgIpc) is 2.81. The van der Waals surface area contributed by atoms with Crippen molar-refractivity contribution in [3.05, 3.63) is 89.0 Å². The quantitative estimate of drug-likeness (QED) is 0.206. The average molecular weight is 438 g/mol. The van der Waals surface area contributed by atoms with Gasteiger partial charge in [-0.1, -0.05) is 36.4 Å². The molecule has 0 saturated carbocycles. The molecular weight excluding hydrogens is 420 g/mol. The molecule has 162 valence electrons. The molecule has 0 atom stereocenters. The van der Waals surface area contributed by atoms with Gasteiger partial charge in [-0.05, 0) is 41.5 Å². The van der Waals surface area contributed by atoms with Crippen LogP contribution >= 0.6 is 0 Å². The maximum Gasteiger partial charge on any atom is 0.200 e. The van der Waals surface area contributed by atoms with Crippen LogP contribution in [0.3, 0.4) is 0 Å². The number of nitrogen functional groups attached to an aromatic ring is 2. The highest BCUT2D eigenvalue weighted by molar-refractivity contribution is 6.33. The van der Waals surface area contributed by atoms with E-state index >= 15 is 0 Å². The molecule has 0 aromatic heterocycles. The minimum Gasteiger partial charge on any atom is -0.507 e. The lowest BCUT2D eigenvalue weighted by molar-refractivity contribution is 0.0975. The van der Waals surface area contributed by atoms with Crippen molar-refractivity contribution in [2.45, 2.75) is 0 Å². The number of nitrogens with two attached hydrogens (primary N) is 2. The number of fused-ring (bicyclic) bond motifs is 2. The second-order valence-corrected chi connectivity index (χ2v) is 7.79. The molecule has 0 amide bonds. The number of aromatic hydroxyl groups is 3. The van der Waals surface area contributed by atoms with E-state index in [1.54, 1.807) is 12.1 Å². The summed E-state index contributed by atoms with van der Waals surface area (Å²) >= 11 is 0. The van der Waals surface area contributed by atoms with Crippen LogP contribution in [0.25, 0.3) is 22.3 Å². The molecule has 0 aliphatic heterocycles. The van der Waals surface area contributed by atoms with Crippen LogP contribution in [0.2, 0.25) is 0 Å². The second kappa shape index (κ2) is 7.13. The molecule has 4 aromatic rings. The molecular formula is C26H18N2O5. The number of anilines is 2. The highest BCUT2D eigenvalue weighted by Gasteiger charge is 2.38. The molecule has 5 rings (SSSR count). The molecule has 7 nitrogen and oxygen atoms in total. The van der Waals surface area contributed by atoms with Crippen LogP contribution in [0.4, 0.5) is 11.4 Å². The van der Waals surface area contributed by atoms with E-state index in [1.165, 1.54) is 24.3 Å². The Morgan fingerprint density at radius 3 is 1.91 bits per heavy atom. The van der Waals surface area contributed by atoms with Crippen molar-refractivity contribution in [3.63, 3.8) is 0 Å². The minimum atomic E-state index is -0.707. The Kier molecular flexibility index (Phi) is 4.35. The number of phenols is 3. The molecule has 0 bridgehead atoms. The van der Waals surface area contributed by atoms with Gasteiger partial charge < -0.3 is 26.8 Å². The fourth-order valence-electron chi connectivity index (χ4n) is 4.26. The maximum absolute atomic E-state index is 13.3. The Labute approximate surface area is 188 Å². The van der Waals surface area contributed by atoms with E-state index in [1.807, 2.05) is 30.3 Å².